The van der Waals surface area contributed by atoms with E-state index in [1.54, 1.807) is 6.07 Å². The molecule has 31 heavy (non-hydrogen) atoms. The molecule has 0 bridgehead atoms. The lowest BCUT2D eigenvalue weighted by Crippen LogP contribution is -2.49. The number of amides is 1. The summed E-state index contributed by atoms with van der Waals surface area (Å²) in [5.74, 6) is 0.691. The number of pyridine rings is 1. The van der Waals surface area contributed by atoms with Gasteiger partial charge in [-0.25, -0.2) is 9.78 Å². The van der Waals surface area contributed by atoms with Crippen LogP contribution in [0.1, 0.15) is 57.7 Å². The molecule has 1 aromatic carbocycles. The number of nitriles is 1. The van der Waals surface area contributed by atoms with Crippen molar-refractivity contribution in [1.82, 2.24) is 10.3 Å². The van der Waals surface area contributed by atoms with Gasteiger partial charge in [0.15, 0.2) is 0 Å². The highest BCUT2D eigenvalue weighted by Gasteiger charge is 2.28. The second kappa shape index (κ2) is 9.69. The van der Waals surface area contributed by atoms with Crippen LogP contribution in [-0.4, -0.2) is 28.8 Å². The van der Waals surface area contributed by atoms with Crippen LogP contribution in [0.25, 0.3) is 0 Å². The van der Waals surface area contributed by atoms with Crippen molar-refractivity contribution in [1.29, 1.82) is 5.26 Å². The Morgan fingerprint density at radius 3 is 2.58 bits per heavy atom. The number of alkyl carbamates (subject to hydrolysis) is 1. The van der Waals surface area contributed by atoms with Gasteiger partial charge >= 0.3 is 6.09 Å². The van der Waals surface area contributed by atoms with Crippen LogP contribution in [0.2, 0.25) is 0 Å². The maximum Gasteiger partial charge on any atom is 0.407 e. The number of benzene rings is 1. The molecular formula is C24H31N5O2. The van der Waals surface area contributed by atoms with Crippen molar-refractivity contribution in [3.8, 4) is 6.07 Å². The smallest absolute Gasteiger partial charge is 0.407 e. The summed E-state index contributed by atoms with van der Waals surface area (Å²) >= 11 is 0. The summed E-state index contributed by atoms with van der Waals surface area (Å²) in [5.41, 5.74) is 2.49. The quantitative estimate of drug-likeness (QED) is 0.609. The van der Waals surface area contributed by atoms with Gasteiger partial charge in [-0.2, -0.15) is 5.26 Å². The number of aromatic nitrogens is 1. The number of carbonyl (C=O) groups is 1. The Morgan fingerprint density at radius 2 is 1.90 bits per heavy atom. The van der Waals surface area contributed by atoms with Crippen LogP contribution < -0.4 is 16.0 Å². The van der Waals surface area contributed by atoms with Crippen molar-refractivity contribution in [2.75, 3.05) is 10.6 Å². The average Bonchev–Trinajstić information content (AvgIpc) is 2.68. The van der Waals surface area contributed by atoms with Gasteiger partial charge in [0, 0.05) is 17.4 Å². The van der Waals surface area contributed by atoms with Crippen molar-refractivity contribution < 1.29 is 9.53 Å². The van der Waals surface area contributed by atoms with Gasteiger partial charge < -0.3 is 20.7 Å². The molecule has 7 nitrogen and oxygen atoms in total. The third-order valence-corrected chi connectivity index (χ3v) is 5.11. The fourth-order valence-corrected chi connectivity index (χ4v) is 3.73. The molecule has 0 aliphatic heterocycles. The third-order valence-electron chi connectivity index (χ3n) is 5.11. The number of anilines is 3. The summed E-state index contributed by atoms with van der Waals surface area (Å²) in [7, 11) is 0. The van der Waals surface area contributed by atoms with Crippen LogP contribution in [0.15, 0.2) is 36.4 Å². The molecule has 0 saturated heterocycles. The standard InChI is InChI=1S/C24H31N5O2/c1-16-8-7-11-22(26-16)28-21-14-18(13-12-17(21)15-25)27-19-9-5-6-10-20(19)29-23(30)31-24(2,3)4/h7-8,11-14,19-20,27H,5-6,9-10H2,1-4H3,(H,26,28)(H,29,30). The zero-order valence-electron chi connectivity index (χ0n) is 18.7. The molecule has 1 aliphatic carbocycles. The van der Waals surface area contributed by atoms with E-state index in [-0.39, 0.29) is 18.2 Å². The van der Waals surface area contributed by atoms with Crippen LogP contribution in [0, 0.1) is 18.3 Å². The fraction of sp³-hybridized carbons (Fsp3) is 0.458. The molecule has 1 amide bonds. The lowest BCUT2D eigenvalue weighted by atomic mass is 9.90. The first-order chi connectivity index (χ1) is 14.7. The Kier molecular flexibility index (Phi) is 7.01. The highest BCUT2D eigenvalue weighted by molar-refractivity contribution is 5.70. The van der Waals surface area contributed by atoms with E-state index in [2.05, 4.69) is 27.0 Å². The third kappa shape index (κ3) is 6.61. The minimum atomic E-state index is -0.529. The van der Waals surface area contributed by atoms with Gasteiger partial charge in [0.1, 0.15) is 17.5 Å². The van der Waals surface area contributed by atoms with Crippen LogP contribution in [0.5, 0.6) is 0 Å². The maximum atomic E-state index is 12.3. The van der Waals surface area contributed by atoms with Crippen LogP contribution in [0.4, 0.5) is 22.0 Å². The summed E-state index contributed by atoms with van der Waals surface area (Å²) in [6.45, 7) is 7.50. The Hall–Kier alpha value is -3.27. The summed E-state index contributed by atoms with van der Waals surface area (Å²) in [6, 6.07) is 13.6. The SMILES string of the molecule is Cc1cccc(Nc2cc(NC3CCCCC3NC(=O)OC(C)(C)C)ccc2C#N)n1. The van der Waals surface area contributed by atoms with E-state index in [1.165, 1.54) is 0 Å². The van der Waals surface area contributed by atoms with Gasteiger partial charge in [-0.1, -0.05) is 18.9 Å². The Balaban J connectivity index is 1.74. The molecule has 2 atom stereocenters. The number of hydrogen-bond acceptors (Lipinski definition) is 6. The van der Waals surface area contributed by atoms with E-state index >= 15 is 0 Å². The monoisotopic (exact) mass is 421 g/mol. The normalized spacial score (nSPS) is 18.5. The molecule has 0 radical (unpaired) electrons. The van der Waals surface area contributed by atoms with Gasteiger partial charge in [0.05, 0.1) is 17.3 Å². The fourth-order valence-electron chi connectivity index (χ4n) is 3.73. The number of ether oxygens (including phenoxy) is 1. The van der Waals surface area contributed by atoms with Crippen LogP contribution in [0.3, 0.4) is 0 Å². The van der Waals surface area contributed by atoms with Gasteiger partial charge in [-0.15, -0.1) is 0 Å². The zero-order valence-corrected chi connectivity index (χ0v) is 18.7. The van der Waals surface area contributed by atoms with E-state index < -0.39 is 5.60 Å². The van der Waals surface area contributed by atoms with Gasteiger partial charge in [0.2, 0.25) is 0 Å². The van der Waals surface area contributed by atoms with Crippen LogP contribution >= 0.6 is 0 Å². The van der Waals surface area contributed by atoms with Crippen molar-refractivity contribution in [3.63, 3.8) is 0 Å². The summed E-state index contributed by atoms with van der Waals surface area (Å²) in [6.07, 6.45) is 3.61. The Bertz CT molecular complexity index is 961. The van der Waals surface area contributed by atoms with E-state index in [0.29, 0.717) is 17.1 Å². The largest absolute Gasteiger partial charge is 0.444 e. The molecular weight excluding hydrogens is 390 g/mol. The molecule has 2 aromatic rings. The molecule has 1 aromatic heterocycles. The van der Waals surface area contributed by atoms with E-state index in [0.717, 1.165) is 37.1 Å². The number of carbonyl (C=O) groups excluding carboxylic acids is 1. The number of nitrogens with one attached hydrogen (secondary N) is 3. The minimum absolute atomic E-state index is 0.0194. The zero-order chi connectivity index (χ0) is 22.4. The molecule has 1 aliphatic rings. The molecule has 1 saturated carbocycles. The van der Waals surface area contributed by atoms with E-state index in [4.69, 9.17) is 4.74 Å². The second-order valence-electron chi connectivity index (χ2n) is 8.95. The maximum absolute atomic E-state index is 12.3. The van der Waals surface area contributed by atoms with Crippen LogP contribution in [-0.2, 0) is 4.74 Å². The Morgan fingerprint density at radius 1 is 1.16 bits per heavy atom. The molecule has 3 rings (SSSR count). The minimum Gasteiger partial charge on any atom is -0.444 e. The van der Waals surface area contributed by atoms with Crippen molar-refractivity contribution in [2.24, 2.45) is 0 Å². The van der Waals surface area contributed by atoms with Crippen molar-refractivity contribution in [2.45, 2.75) is 71.1 Å². The number of rotatable bonds is 5. The molecule has 164 valence electrons. The first-order valence-corrected chi connectivity index (χ1v) is 10.7. The molecule has 1 heterocycles. The van der Waals surface area contributed by atoms with Crippen molar-refractivity contribution >= 4 is 23.3 Å². The molecule has 7 heteroatoms. The van der Waals surface area contributed by atoms with E-state index in [9.17, 15) is 10.1 Å². The van der Waals surface area contributed by atoms with Gasteiger partial charge in [0.25, 0.3) is 0 Å². The average molecular weight is 422 g/mol. The predicted molar refractivity (Wildman–Crippen MR) is 122 cm³/mol. The van der Waals surface area contributed by atoms with Gasteiger partial charge in [-0.3, -0.25) is 0 Å². The molecule has 2 unspecified atom stereocenters. The number of aryl methyl sites for hydroxylation is 1. The number of nitrogens with zero attached hydrogens (tertiary/aromatic N) is 2. The van der Waals surface area contributed by atoms with Gasteiger partial charge in [-0.05, 0) is 70.9 Å². The summed E-state index contributed by atoms with van der Waals surface area (Å²) in [4.78, 5) is 16.7. The Labute approximate surface area is 184 Å². The highest BCUT2D eigenvalue weighted by Crippen LogP contribution is 2.27. The lowest BCUT2D eigenvalue weighted by Gasteiger charge is -2.34. The van der Waals surface area contributed by atoms with Crippen molar-refractivity contribution in [3.05, 3.63) is 47.7 Å². The molecule has 3 N–H and O–H groups in total. The first kappa shape index (κ1) is 22.4. The summed E-state index contributed by atoms with van der Waals surface area (Å²) in [5, 5.41) is 19.3. The lowest BCUT2D eigenvalue weighted by molar-refractivity contribution is 0.0488. The predicted octanol–water partition coefficient (Wildman–Crippen LogP) is 5.25. The second-order valence-corrected chi connectivity index (χ2v) is 8.95. The first-order valence-electron chi connectivity index (χ1n) is 10.7. The summed E-state index contributed by atoms with van der Waals surface area (Å²) < 4.78 is 5.43. The molecule has 0 spiro atoms. The topological polar surface area (TPSA) is 99.1 Å². The molecule has 1 fully saturated rings. The van der Waals surface area contributed by atoms with E-state index in [1.807, 2.05) is 58.0 Å². The highest BCUT2D eigenvalue weighted by atomic mass is 16.6. The number of hydrogen-bond donors (Lipinski definition) is 3.